The van der Waals surface area contributed by atoms with E-state index in [0.29, 0.717) is 36.8 Å². The molecule has 0 spiro atoms. The van der Waals surface area contributed by atoms with Gasteiger partial charge in [0, 0.05) is 30.5 Å². The van der Waals surface area contributed by atoms with Gasteiger partial charge in [-0.15, -0.1) is 0 Å². The van der Waals surface area contributed by atoms with Gasteiger partial charge < -0.3 is 19.3 Å². The van der Waals surface area contributed by atoms with Crippen molar-refractivity contribution in [2.75, 3.05) is 13.2 Å². The molecule has 0 radical (unpaired) electrons. The van der Waals surface area contributed by atoms with Crippen LogP contribution in [0, 0.1) is 0 Å². The van der Waals surface area contributed by atoms with E-state index in [2.05, 4.69) is 4.98 Å². The summed E-state index contributed by atoms with van der Waals surface area (Å²) >= 11 is 5.90. The van der Waals surface area contributed by atoms with Crippen LogP contribution in [-0.2, 0) is 15.7 Å². The number of ether oxygens (including phenoxy) is 3. The van der Waals surface area contributed by atoms with Crippen molar-refractivity contribution < 1.29 is 37.3 Å². The zero-order valence-electron chi connectivity index (χ0n) is 15.5. The molecule has 6 nitrogen and oxygen atoms in total. The molecule has 1 atom stereocenters. The number of benzene rings is 1. The summed E-state index contributed by atoms with van der Waals surface area (Å²) in [5.41, 5.74) is -0.667. The van der Waals surface area contributed by atoms with Gasteiger partial charge in [0.25, 0.3) is 0 Å². The highest BCUT2D eigenvalue weighted by Crippen LogP contribution is 2.36. The molecule has 0 aliphatic carbocycles. The number of nitrogens with zero attached hydrogens (tertiary/aromatic N) is 1. The number of carboxylic acids is 1. The Balaban J connectivity index is 1.85. The molecule has 0 bridgehead atoms. The number of hydrogen-bond donors (Lipinski definition) is 1. The minimum Gasteiger partial charge on any atom is -0.491 e. The molecule has 1 aliphatic heterocycles. The van der Waals surface area contributed by atoms with Crippen LogP contribution < -0.4 is 9.47 Å². The van der Waals surface area contributed by atoms with Crippen molar-refractivity contribution in [2.45, 2.75) is 25.1 Å². The fraction of sp³-hybridized carbons (Fsp3) is 0.300. The Kier molecular flexibility index (Phi) is 6.84. The van der Waals surface area contributed by atoms with Gasteiger partial charge >= 0.3 is 12.1 Å². The van der Waals surface area contributed by atoms with Crippen LogP contribution >= 0.6 is 11.6 Å². The third kappa shape index (κ3) is 5.87. The molecule has 2 aromatic rings. The highest BCUT2D eigenvalue weighted by molar-refractivity contribution is 6.31. The van der Waals surface area contributed by atoms with Crippen LogP contribution in [0.25, 0.3) is 6.08 Å². The average molecular weight is 444 g/mol. The van der Waals surface area contributed by atoms with Gasteiger partial charge in [-0.2, -0.15) is 13.2 Å². The molecule has 1 aromatic heterocycles. The van der Waals surface area contributed by atoms with Gasteiger partial charge in [-0.05, 0) is 37.1 Å². The van der Waals surface area contributed by atoms with Crippen LogP contribution in [0.15, 0.2) is 36.5 Å². The van der Waals surface area contributed by atoms with Crippen molar-refractivity contribution in [3.05, 3.63) is 52.7 Å². The Bertz CT molecular complexity index is 943. The third-order valence-corrected chi connectivity index (χ3v) is 4.46. The van der Waals surface area contributed by atoms with Crippen LogP contribution in [-0.4, -0.2) is 35.4 Å². The molecule has 30 heavy (non-hydrogen) atoms. The van der Waals surface area contributed by atoms with E-state index in [1.807, 2.05) is 0 Å². The van der Waals surface area contributed by atoms with E-state index < -0.39 is 17.7 Å². The van der Waals surface area contributed by atoms with Gasteiger partial charge in [-0.25, -0.2) is 9.78 Å². The molecular formula is C20H17ClF3NO5. The highest BCUT2D eigenvalue weighted by Gasteiger charge is 2.32. The second-order valence-corrected chi connectivity index (χ2v) is 6.84. The standard InChI is InChI=1S/C20H17ClF3NO5/c21-16-8-13(20(22,23)24)10-25-19(16)30-17-9-14(29-11-15-2-1-7-28-15)5-3-12(17)4-6-18(26)27/h3-6,8-10,15H,1-2,7,11H2,(H,26,27)/b6-4+. The van der Waals surface area contributed by atoms with E-state index in [1.54, 1.807) is 12.1 Å². The predicted octanol–water partition coefficient (Wildman–Crippen LogP) is 5.20. The maximum atomic E-state index is 12.8. The van der Waals surface area contributed by atoms with Gasteiger partial charge in [-0.1, -0.05) is 11.6 Å². The first kappa shape index (κ1) is 21.9. The smallest absolute Gasteiger partial charge is 0.417 e. The fourth-order valence-electron chi connectivity index (χ4n) is 2.72. The minimum absolute atomic E-state index is 0.0213. The number of aliphatic carboxylic acids is 1. The largest absolute Gasteiger partial charge is 0.491 e. The zero-order chi connectivity index (χ0) is 21.7. The van der Waals surface area contributed by atoms with Crippen LogP contribution in [0.2, 0.25) is 5.02 Å². The number of rotatable bonds is 7. The van der Waals surface area contributed by atoms with Crippen molar-refractivity contribution in [1.82, 2.24) is 4.98 Å². The van der Waals surface area contributed by atoms with Gasteiger partial charge in [0.15, 0.2) is 0 Å². The van der Waals surface area contributed by atoms with E-state index in [-0.39, 0.29) is 22.8 Å². The topological polar surface area (TPSA) is 77.9 Å². The number of aromatic nitrogens is 1. The number of alkyl halides is 3. The first-order valence-corrected chi connectivity index (χ1v) is 9.30. The highest BCUT2D eigenvalue weighted by atomic mass is 35.5. The van der Waals surface area contributed by atoms with Gasteiger partial charge in [-0.3, -0.25) is 0 Å². The Morgan fingerprint density at radius 2 is 2.17 bits per heavy atom. The zero-order valence-corrected chi connectivity index (χ0v) is 16.2. The second kappa shape index (κ2) is 9.36. The lowest BCUT2D eigenvalue weighted by Gasteiger charge is -2.15. The maximum Gasteiger partial charge on any atom is 0.417 e. The third-order valence-electron chi connectivity index (χ3n) is 4.19. The molecule has 0 saturated carbocycles. The summed E-state index contributed by atoms with van der Waals surface area (Å²) in [6.07, 6.45) is 0.00253. The van der Waals surface area contributed by atoms with Crippen LogP contribution in [0.5, 0.6) is 17.4 Å². The molecule has 1 aliphatic rings. The second-order valence-electron chi connectivity index (χ2n) is 6.43. The van der Waals surface area contributed by atoms with E-state index >= 15 is 0 Å². The predicted molar refractivity (Wildman–Crippen MR) is 102 cm³/mol. The summed E-state index contributed by atoms with van der Waals surface area (Å²) in [6, 6.07) is 5.35. The van der Waals surface area contributed by atoms with Crippen molar-refractivity contribution >= 4 is 23.6 Å². The molecular weight excluding hydrogens is 427 g/mol. The monoisotopic (exact) mass is 443 g/mol. The number of pyridine rings is 1. The lowest BCUT2D eigenvalue weighted by molar-refractivity contribution is -0.138. The SMILES string of the molecule is O=C(O)/C=C/c1ccc(OCC2CCCO2)cc1Oc1ncc(C(F)(F)F)cc1Cl. The summed E-state index contributed by atoms with van der Waals surface area (Å²) < 4.78 is 55.2. The normalized spacial score (nSPS) is 16.7. The molecule has 1 saturated heterocycles. The van der Waals surface area contributed by atoms with Crippen LogP contribution in [0.1, 0.15) is 24.0 Å². The number of halogens is 4. The van der Waals surface area contributed by atoms with E-state index in [9.17, 15) is 18.0 Å². The van der Waals surface area contributed by atoms with Crippen molar-refractivity contribution in [3.8, 4) is 17.4 Å². The molecule has 2 heterocycles. The molecule has 0 amide bonds. The maximum absolute atomic E-state index is 12.8. The first-order chi connectivity index (χ1) is 14.2. The first-order valence-electron chi connectivity index (χ1n) is 8.92. The summed E-state index contributed by atoms with van der Waals surface area (Å²) in [5.74, 6) is -0.904. The van der Waals surface area contributed by atoms with Crippen molar-refractivity contribution in [1.29, 1.82) is 0 Å². The average Bonchev–Trinajstić information content (AvgIpc) is 3.20. The molecule has 1 fully saturated rings. The Morgan fingerprint density at radius 1 is 1.37 bits per heavy atom. The molecule has 1 unspecified atom stereocenters. The van der Waals surface area contributed by atoms with E-state index in [1.165, 1.54) is 12.1 Å². The fourth-order valence-corrected chi connectivity index (χ4v) is 2.92. The summed E-state index contributed by atoms with van der Waals surface area (Å²) in [7, 11) is 0. The minimum atomic E-state index is -4.60. The van der Waals surface area contributed by atoms with Crippen molar-refractivity contribution in [3.63, 3.8) is 0 Å². The number of hydrogen-bond acceptors (Lipinski definition) is 5. The van der Waals surface area contributed by atoms with E-state index in [0.717, 1.165) is 18.9 Å². The van der Waals surface area contributed by atoms with Gasteiger partial charge in [0.05, 0.1) is 11.7 Å². The molecule has 1 aromatic carbocycles. The molecule has 160 valence electrons. The van der Waals surface area contributed by atoms with Crippen molar-refractivity contribution in [2.24, 2.45) is 0 Å². The lowest BCUT2D eigenvalue weighted by Crippen LogP contribution is -2.16. The Hall–Kier alpha value is -2.78. The Labute approximate surface area is 174 Å². The summed E-state index contributed by atoms with van der Waals surface area (Å²) in [5, 5.41) is 8.52. The summed E-state index contributed by atoms with van der Waals surface area (Å²) in [4.78, 5) is 14.5. The quantitative estimate of drug-likeness (QED) is 0.592. The molecule has 10 heteroatoms. The molecule has 3 rings (SSSR count). The van der Waals surface area contributed by atoms with Crippen LogP contribution in [0.3, 0.4) is 0 Å². The Morgan fingerprint density at radius 3 is 2.80 bits per heavy atom. The number of carbonyl (C=O) groups is 1. The lowest BCUT2D eigenvalue weighted by atomic mass is 10.1. The van der Waals surface area contributed by atoms with Gasteiger partial charge in [0.2, 0.25) is 5.88 Å². The molecule has 1 N–H and O–H groups in total. The van der Waals surface area contributed by atoms with Crippen LogP contribution in [0.4, 0.5) is 13.2 Å². The van der Waals surface area contributed by atoms with Gasteiger partial charge in [0.1, 0.15) is 23.1 Å². The summed E-state index contributed by atoms with van der Waals surface area (Å²) in [6.45, 7) is 1.00. The van der Waals surface area contributed by atoms with E-state index in [4.69, 9.17) is 30.9 Å². The number of carboxylic acid groups (broad SMARTS) is 1.